The Bertz CT molecular complexity index is 974. The van der Waals surface area contributed by atoms with Crippen LogP contribution in [0.2, 0.25) is 0 Å². The van der Waals surface area contributed by atoms with Crippen molar-refractivity contribution in [2.75, 3.05) is 5.75 Å². The highest BCUT2D eigenvalue weighted by atomic mass is 32.2. The lowest BCUT2D eigenvalue weighted by molar-refractivity contribution is 0.102. The number of Topliss-reactive ketones (excluding diaryl/α,β-unsaturated/α-hetero) is 1. The number of thioether (sulfide) groups is 1. The molecule has 0 aliphatic heterocycles. The molecule has 3 nitrogen and oxygen atoms in total. The summed E-state index contributed by atoms with van der Waals surface area (Å²) in [6.07, 6.45) is 0. The van der Waals surface area contributed by atoms with Crippen LogP contribution in [0.25, 0.3) is 11.1 Å². The second kappa shape index (κ2) is 7.99. The van der Waals surface area contributed by atoms with Crippen LogP contribution in [0.15, 0.2) is 65.7 Å². The Morgan fingerprint density at radius 3 is 2.42 bits per heavy atom. The molecule has 0 N–H and O–H groups in total. The van der Waals surface area contributed by atoms with E-state index in [0.717, 1.165) is 22.4 Å². The highest BCUT2D eigenvalue weighted by Gasteiger charge is 2.15. The molecular weight excluding hydrogens is 340 g/mol. The van der Waals surface area contributed by atoms with E-state index in [1.165, 1.54) is 11.8 Å². The molecule has 128 valence electrons. The Kier molecular flexibility index (Phi) is 5.50. The Hall–Kier alpha value is -2.90. The van der Waals surface area contributed by atoms with E-state index in [9.17, 15) is 10.1 Å². The molecule has 1 aromatic heterocycles. The number of rotatable bonds is 5. The Morgan fingerprint density at radius 2 is 1.77 bits per heavy atom. The van der Waals surface area contributed by atoms with Crippen LogP contribution in [0.3, 0.4) is 0 Å². The standard InChI is InChI=1S/C22H18N2OS/c1-15-8-10-18(11-9-15)21(25)14-26-22-20(13-23)19(12-16(2)24-22)17-6-4-3-5-7-17/h3-12H,14H2,1-2H3. The SMILES string of the molecule is Cc1ccc(C(=O)CSc2nc(C)cc(-c3ccccc3)c2C#N)cc1. The molecule has 2 aromatic carbocycles. The molecule has 0 bridgehead atoms. The quantitative estimate of drug-likeness (QED) is 0.464. The zero-order valence-corrected chi connectivity index (χ0v) is 15.5. The predicted octanol–water partition coefficient (Wildman–Crippen LogP) is 5.21. The molecule has 0 fully saturated rings. The fourth-order valence-electron chi connectivity index (χ4n) is 2.66. The van der Waals surface area contributed by atoms with E-state index < -0.39 is 0 Å². The number of benzene rings is 2. The summed E-state index contributed by atoms with van der Waals surface area (Å²) in [5, 5.41) is 10.3. The fourth-order valence-corrected chi connectivity index (χ4v) is 3.60. The lowest BCUT2D eigenvalue weighted by Gasteiger charge is -2.10. The molecule has 0 saturated carbocycles. The van der Waals surface area contributed by atoms with E-state index in [-0.39, 0.29) is 11.5 Å². The van der Waals surface area contributed by atoms with Crippen LogP contribution in [0.5, 0.6) is 0 Å². The summed E-state index contributed by atoms with van der Waals surface area (Å²) in [4.78, 5) is 16.9. The molecule has 3 aromatic rings. The van der Waals surface area contributed by atoms with Gasteiger partial charge in [-0.2, -0.15) is 5.26 Å². The van der Waals surface area contributed by atoms with Crippen LogP contribution in [-0.2, 0) is 0 Å². The van der Waals surface area contributed by atoms with Crippen LogP contribution >= 0.6 is 11.8 Å². The molecule has 0 atom stereocenters. The van der Waals surface area contributed by atoms with Gasteiger partial charge in [-0.25, -0.2) is 4.98 Å². The van der Waals surface area contributed by atoms with Gasteiger partial charge < -0.3 is 0 Å². The first-order valence-electron chi connectivity index (χ1n) is 8.28. The first-order chi connectivity index (χ1) is 12.6. The maximum atomic E-state index is 12.4. The van der Waals surface area contributed by atoms with Crippen LogP contribution in [0, 0.1) is 25.2 Å². The van der Waals surface area contributed by atoms with Gasteiger partial charge in [-0.15, -0.1) is 0 Å². The maximum Gasteiger partial charge on any atom is 0.173 e. The third-order valence-corrected chi connectivity index (χ3v) is 5.00. The van der Waals surface area contributed by atoms with E-state index in [0.29, 0.717) is 16.2 Å². The Labute approximate surface area is 157 Å². The van der Waals surface area contributed by atoms with Gasteiger partial charge in [-0.05, 0) is 25.5 Å². The molecule has 26 heavy (non-hydrogen) atoms. The number of nitrogens with zero attached hydrogens (tertiary/aromatic N) is 2. The topological polar surface area (TPSA) is 53.8 Å². The zero-order chi connectivity index (χ0) is 18.5. The second-order valence-corrected chi connectivity index (χ2v) is 7.01. The number of hydrogen-bond donors (Lipinski definition) is 0. The third kappa shape index (κ3) is 4.01. The smallest absolute Gasteiger partial charge is 0.173 e. The first kappa shape index (κ1) is 17.9. The number of carbonyl (C=O) groups excluding carboxylic acids is 1. The van der Waals surface area contributed by atoms with Crippen LogP contribution in [0.4, 0.5) is 0 Å². The number of aromatic nitrogens is 1. The van der Waals surface area contributed by atoms with Gasteiger partial charge >= 0.3 is 0 Å². The van der Waals surface area contributed by atoms with Gasteiger partial charge in [-0.3, -0.25) is 4.79 Å². The minimum absolute atomic E-state index is 0.0310. The predicted molar refractivity (Wildman–Crippen MR) is 105 cm³/mol. The largest absolute Gasteiger partial charge is 0.293 e. The van der Waals surface area contributed by atoms with E-state index in [1.54, 1.807) is 0 Å². The molecule has 3 rings (SSSR count). The third-order valence-electron chi connectivity index (χ3n) is 4.02. The summed E-state index contributed by atoms with van der Waals surface area (Å²) in [5.74, 6) is 0.283. The average Bonchev–Trinajstić information content (AvgIpc) is 2.67. The lowest BCUT2D eigenvalue weighted by atomic mass is 10.0. The van der Waals surface area contributed by atoms with Gasteiger partial charge in [0.15, 0.2) is 5.78 Å². The summed E-state index contributed by atoms with van der Waals surface area (Å²) in [6.45, 7) is 3.89. The van der Waals surface area contributed by atoms with Gasteiger partial charge in [0, 0.05) is 16.8 Å². The Balaban J connectivity index is 1.88. The molecule has 1 heterocycles. The Morgan fingerprint density at radius 1 is 1.08 bits per heavy atom. The maximum absolute atomic E-state index is 12.4. The van der Waals surface area contributed by atoms with E-state index >= 15 is 0 Å². The summed E-state index contributed by atoms with van der Waals surface area (Å²) in [6, 6.07) is 21.5. The van der Waals surface area contributed by atoms with Crippen LogP contribution < -0.4 is 0 Å². The van der Waals surface area contributed by atoms with Crippen molar-refractivity contribution < 1.29 is 4.79 Å². The number of ketones is 1. The lowest BCUT2D eigenvalue weighted by Crippen LogP contribution is -2.04. The monoisotopic (exact) mass is 358 g/mol. The van der Waals surface area contributed by atoms with E-state index in [1.807, 2.05) is 74.5 Å². The molecule has 4 heteroatoms. The summed E-state index contributed by atoms with van der Waals surface area (Å²) in [5.41, 5.74) is 4.97. The molecule has 0 radical (unpaired) electrons. The number of pyridine rings is 1. The van der Waals surface area contributed by atoms with Gasteiger partial charge in [0.2, 0.25) is 0 Å². The highest BCUT2D eigenvalue weighted by molar-refractivity contribution is 8.00. The first-order valence-corrected chi connectivity index (χ1v) is 9.27. The molecule has 0 aliphatic rings. The average molecular weight is 358 g/mol. The number of aryl methyl sites for hydroxylation is 2. The van der Waals surface area contributed by atoms with Crippen LogP contribution in [0.1, 0.15) is 27.2 Å². The number of carbonyl (C=O) groups is 1. The van der Waals surface area contributed by atoms with Crippen molar-refractivity contribution in [3.05, 3.63) is 83.0 Å². The summed E-state index contributed by atoms with van der Waals surface area (Å²) in [7, 11) is 0. The molecule has 0 amide bonds. The molecule has 0 aliphatic carbocycles. The van der Waals surface area contributed by atoms with Gasteiger partial charge in [-0.1, -0.05) is 71.9 Å². The van der Waals surface area contributed by atoms with Crippen molar-refractivity contribution in [2.24, 2.45) is 0 Å². The van der Waals surface area contributed by atoms with E-state index in [2.05, 4.69) is 11.1 Å². The highest BCUT2D eigenvalue weighted by Crippen LogP contribution is 2.31. The van der Waals surface area contributed by atoms with Crippen LogP contribution in [-0.4, -0.2) is 16.5 Å². The minimum atomic E-state index is 0.0310. The van der Waals surface area contributed by atoms with Gasteiger partial charge in [0.05, 0.1) is 11.3 Å². The molecule has 0 saturated heterocycles. The van der Waals surface area contributed by atoms with Crippen molar-refractivity contribution in [1.82, 2.24) is 4.98 Å². The van der Waals surface area contributed by atoms with Crippen molar-refractivity contribution in [3.63, 3.8) is 0 Å². The van der Waals surface area contributed by atoms with Crippen molar-refractivity contribution >= 4 is 17.5 Å². The van der Waals surface area contributed by atoms with Crippen molar-refractivity contribution in [2.45, 2.75) is 18.9 Å². The minimum Gasteiger partial charge on any atom is -0.293 e. The van der Waals surface area contributed by atoms with Gasteiger partial charge in [0.25, 0.3) is 0 Å². The zero-order valence-electron chi connectivity index (χ0n) is 14.7. The number of hydrogen-bond acceptors (Lipinski definition) is 4. The number of nitriles is 1. The van der Waals surface area contributed by atoms with Crippen molar-refractivity contribution in [3.8, 4) is 17.2 Å². The second-order valence-electron chi connectivity index (χ2n) is 6.05. The molecular formula is C22H18N2OS. The van der Waals surface area contributed by atoms with Crippen molar-refractivity contribution in [1.29, 1.82) is 5.26 Å². The summed E-state index contributed by atoms with van der Waals surface area (Å²) < 4.78 is 0. The fraction of sp³-hybridized carbons (Fsp3) is 0.136. The normalized spacial score (nSPS) is 10.3. The van der Waals surface area contributed by atoms with E-state index in [4.69, 9.17) is 0 Å². The molecule has 0 unspecified atom stereocenters. The van der Waals surface area contributed by atoms with Gasteiger partial charge in [0.1, 0.15) is 11.1 Å². The summed E-state index contributed by atoms with van der Waals surface area (Å²) >= 11 is 1.32. The molecule has 0 spiro atoms.